The maximum Gasteiger partial charge on any atom is 0.149 e. The smallest absolute Gasteiger partial charge is 0.149 e. The molecule has 0 spiro atoms. The maximum atomic E-state index is 14.3. The summed E-state index contributed by atoms with van der Waals surface area (Å²) < 4.78 is 28.6. The first-order chi connectivity index (χ1) is 9.67. The molecule has 0 heterocycles. The van der Waals surface area contributed by atoms with Gasteiger partial charge in [-0.15, -0.1) is 0 Å². The first kappa shape index (κ1) is 13.8. The van der Waals surface area contributed by atoms with Crippen LogP contribution in [-0.4, -0.2) is 19.6 Å². The summed E-state index contributed by atoms with van der Waals surface area (Å²) in [5, 5.41) is 0. The van der Waals surface area contributed by atoms with Crippen molar-refractivity contribution in [3.63, 3.8) is 0 Å². The molecule has 0 saturated heterocycles. The fraction of sp³-hybridized carbons (Fsp3) is 0.625. The van der Waals surface area contributed by atoms with Crippen LogP contribution in [-0.2, 0) is 6.42 Å². The van der Waals surface area contributed by atoms with Crippen LogP contribution in [0.15, 0.2) is 12.1 Å². The van der Waals surface area contributed by atoms with Crippen LogP contribution in [0.25, 0.3) is 0 Å². The zero-order chi connectivity index (χ0) is 14.1. The van der Waals surface area contributed by atoms with Gasteiger partial charge >= 0.3 is 0 Å². The lowest BCUT2D eigenvalue weighted by Gasteiger charge is -2.26. The lowest BCUT2D eigenvalue weighted by atomic mass is 10.1. The monoisotopic (exact) mass is 280 g/mol. The Balaban J connectivity index is 1.83. The van der Waals surface area contributed by atoms with E-state index in [1.807, 2.05) is 4.90 Å². The molecular weight excluding hydrogens is 258 g/mol. The third-order valence-corrected chi connectivity index (χ3v) is 4.18. The molecule has 1 aromatic carbocycles. The second kappa shape index (κ2) is 5.68. The third kappa shape index (κ3) is 3.29. The lowest BCUT2D eigenvalue weighted by Crippen LogP contribution is -2.30. The molecule has 110 valence electrons. The van der Waals surface area contributed by atoms with Crippen LogP contribution in [0.1, 0.15) is 31.2 Å². The van der Waals surface area contributed by atoms with Gasteiger partial charge in [0.15, 0.2) is 0 Å². The molecule has 3 rings (SSSR count). The lowest BCUT2D eigenvalue weighted by molar-refractivity contribution is 0.556. The van der Waals surface area contributed by atoms with E-state index in [0.717, 1.165) is 13.1 Å². The van der Waals surface area contributed by atoms with Gasteiger partial charge < -0.3 is 10.6 Å². The predicted molar refractivity (Wildman–Crippen MR) is 76.8 cm³/mol. The van der Waals surface area contributed by atoms with Crippen molar-refractivity contribution in [2.24, 2.45) is 17.6 Å². The van der Waals surface area contributed by atoms with E-state index in [0.29, 0.717) is 30.4 Å². The van der Waals surface area contributed by atoms with Crippen LogP contribution < -0.4 is 10.6 Å². The van der Waals surface area contributed by atoms with Gasteiger partial charge in [-0.25, -0.2) is 8.78 Å². The van der Waals surface area contributed by atoms with Crippen LogP contribution in [0.5, 0.6) is 0 Å². The van der Waals surface area contributed by atoms with Crippen molar-refractivity contribution in [3.05, 3.63) is 29.3 Å². The predicted octanol–water partition coefficient (Wildman–Crippen LogP) is 3.09. The Kier molecular flexibility index (Phi) is 3.92. The van der Waals surface area contributed by atoms with Gasteiger partial charge in [0.05, 0.1) is 0 Å². The Hall–Kier alpha value is -1.16. The average molecular weight is 280 g/mol. The summed E-state index contributed by atoms with van der Waals surface area (Å²) in [7, 11) is 0. The second-order valence-corrected chi connectivity index (χ2v) is 6.24. The van der Waals surface area contributed by atoms with E-state index in [1.54, 1.807) is 0 Å². The van der Waals surface area contributed by atoms with Crippen molar-refractivity contribution in [2.45, 2.75) is 32.1 Å². The second-order valence-electron chi connectivity index (χ2n) is 6.24. The highest BCUT2D eigenvalue weighted by Gasteiger charge is 2.31. The molecule has 0 amide bonds. The first-order valence-corrected chi connectivity index (χ1v) is 7.60. The summed E-state index contributed by atoms with van der Waals surface area (Å²) >= 11 is 0. The number of hydrogen-bond donors (Lipinski definition) is 1. The van der Waals surface area contributed by atoms with Crippen LogP contribution in [0, 0.1) is 23.5 Å². The molecule has 0 aromatic heterocycles. The number of benzene rings is 1. The number of hydrogen-bond acceptors (Lipinski definition) is 2. The SMILES string of the molecule is NCCc1cc(F)c(N(CC2CC2)CC2CC2)c(F)c1. The summed E-state index contributed by atoms with van der Waals surface area (Å²) in [6.45, 7) is 1.99. The maximum absolute atomic E-state index is 14.3. The largest absolute Gasteiger partial charge is 0.366 e. The van der Waals surface area contributed by atoms with Crippen molar-refractivity contribution in [1.29, 1.82) is 0 Å². The van der Waals surface area contributed by atoms with Crippen LogP contribution >= 0.6 is 0 Å². The van der Waals surface area contributed by atoms with Gasteiger partial charge in [-0.1, -0.05) is 0 Å². The standard InChI is InChI=1S/C16H22F2N2/c17-14-7-13(5-6-19)8-15(18)16(14)20(9-11-1-2-11)10-12-3-4-12/h7-8,11-12H,1-6,9-10,19H2. The van der Waals surface area contributed by atoms with E-state index in [9.17, 15) is 8.78 Å². The van der Waals surface area contributed by atoms with Gasteiger partial charge in [0.2, 0.25) is 0 Å². The zero-order valence-corrected chi connectivity index (χ0v) is 11.7. The minimum absolute atomic E-state index is 0.171. The quantitative estimate of drug-likeness (QED) is 0.831. The van der Waals surface area contributed by atoms with Gasteiger partial charge in [0.1, 0.15) is 17.3 Å². The number of halogens is 2. The minimum Gasteiger partial charge on any atom is -0.366 e. The molecule has 2 N–H and O–H groups in total. The van der Waals surface area contributed by atoms with E-state index in [-0.39, 0.29) is 5.69 Å². The molecule has 0 unspecified atom stereocenters. The summed E-state index contributed by atoms with van der Waals surface area (Å²) in [5.41, 5.74) is 6.27. The molecule has 20 heavy (non-hydrogen) atoms. The first-order valence-electron chi connectivity index (χ1n) is 7.60. The number of anilines is 1. The van der Waals surface area contributed by atoms with E-state index < -0.39 is 11.6 Å². The van der Waals surface area contributed by atoms with Crippen molar-refractivity contribution in [3.8, 4) is 0 Å². The summed E-state index contributed by atoms with van der Waals surface area (Å²) in [4.78, 5) is 1.94. The van der Waals surface area contributed by atoms with Crippen LogP contribution in [0.2, 0.25) is 0 Å². The Bertz CT molecular complexity index is 444. The topological polar surface area (TPSA) is 29.3 Å². The molecular formula is C16H22F2N2. The molecule has 0 bridgehead atoms. The van der Waals surface area contributed by atoms with Gasteiger partial charge in [-0.05, 0) is 68.2 Å². The average Bonchev–Trinajstić information content (AvgIpc) is 3.24. The fourth-order valence-corrected chi connectivity index (χ4v) is 2.71. The van der Waals surface area contributed by atoms with Gasteiger partial charge in [0.25, 0.3) is 0 Å². The number of nitrogens with two attached hydrogens (primary N) is 1. The van der Waals surface area contributed by atoms with Crippen LogP contribution in [0.3, 0.4) is 0 Å². The highest BCUT2D eigenvalue weighted by molar-refractivity contribution is 5.51. The molecule has 0 aliphatic heterocycles. The summed E-state index contributed by atoms with van der Waals surface area (Å²) in [6, 6.07) is 2.89. The van der Waals surface area contributed by atoms with Crippen molar-refractivity contribution in [2.75, 3.05) is 24.5 Å². The third-order valence-electron chi connectivity index (χ3n) is 4.18. The molecule has 2 fully saturated rings. The van der Waals surface area contributed by atoms with Gasteiger partial charge in [0, 0.05) is 13.1 Å². The van der Waals surface area contributed by atoms with E-state index >= 15 is 0 Å². The molecule has 2 saturated carbocycles. The number of nitrogens with zero attached hydrogens (tertiary/aromatic N) is 1. The highest BCUT2D eigenvalue weighted by Crippen LogP contribution is 2.37. The van der Waals surface area contributed by atoms with Gasteiger partial charge in [-0.3, -0.25) is 0 Å². The van der Waals surface area contributed by atoms with Crippen molar-refractivity contribution < 1.29 is 8.78 Å². The molecule has 4 heteroatoms. The molecule has 1 aromatic rings. The van der Waals surface area contributed by atoms with Crippen molar-refractivity contribution in [1.82, 2.24) is 0 Å². The molecule has 2 aliphatic carbocycles. The molecule has 2 aliphatic rings. The Morgan fingerprint density at radius 1 is 1.00 bits per heavy atom. The van der Waals surface area contributed by atoms with E-state index in [4.69, 9.17) is 5.73 Å². The van der Waals surface area contributed by atoms with Gasteiger partial charge in [-0.2, -0.15) is 0 Å². The summed E-state index contributed by atoms with van der Waals surface area (Å²) in [5.74, 6) is 0.372. The highest BCUT2D eigenvalue weighted by atomic mass is 19.1. The zero-order valence-electron chi connectivity index (χ0n) is 11.7. The number of rotatable bonds is 7. The Labute approximate surface area is 118 Å². The molecule has 0 atom stereocenters. The Morgan fingerprint density at radius 2 is 1.50 bits per heavy atom. The van der Waals surface area contributed by atoms with E-state index in [1.165, 1.54) is 37.8 Å². The molecule has 2 nitrogen and oxygen atoms in total. The Morgan fingerprint density at radius 3 is 1.90 bits per heavy atom. The summed E-state index contributed by atoms with van der Waals surface area (Å²) in [6.07, 6.45) is 5.27. The van der Waals surface area contributed by atoms with Crippen molar-refractivity contribution >= 4 is 5.69 Å². The van der Waals surface area contributed by atoms with Crippen LogP contribution in [0.4, 0.5) is 14.5 Å². The minimum atomic E-state index is -0.435. The normalized spacial score (nSPS) is 18.4. The molecule has 0 radical (unpaired) electrons. The fourth-order valence-electron chi connectivity index (χ4n) is 2.71. The van der Waals surface area contributed by atoms with E-state index in [2.05, 4.69) is 0 Å².